The number of rotatable bonds is 10. The van der Waals surface area contributed by atoms with E-state index in [9.17, 15) is 13.2 Å². The minimum atomic E-state index is -3.86. The van der Waals surface area contributed by atoms with Gasteiger partial charge in [-0.05, 0) is 37.5 Å². The molecule has 0 saturated carbocycles. The Hall–Kier alpha value is -1.68. The highest BCUT2D eigenvalue weighted by atomic mass is 32.2. The van der Waals surface area contributed by atoms with E-state index in [0.717, 1.165) is 12.8 Å². The maximum Gasteiger partial charge on any atom is 0.335 e. The fraction of sp³-hybridized carbons (Fsp3) is 0.562. The maximum atomic E-state index is 12.6. The van der Waals surface area contributed by atoms with Gasteiger partial charge in [0, 0.05) is 33.4 Å². The third kappa shape index (κ3) is 5.67. The van der Waals surface area contributed by atoms with Gasteiger partial charge in [-0.3, -0.25) is 0 Å². The second kappa shape index (κ2) is 9.14. The van der Waals surface area contributed by atoms with Crippen molar-refractivity contribution in [1.82, 2.24) is 4.72 Å². The molecule has 0 radical (unpaired) electrons. The van der Waals surface area contributed by atoms with Crippen molar-refractivity contribution < 1.29 is 27.8 Å². The largest absolute Gasteiger partial charge is 0.478 e. The van der Waals surface area contributed by atoms with Gasteiger partial charge in [0.15, 0.2) is 0 Å². The molecule has 1 heterocycles. The smallest absolute Gasteiger partial charge is 0.335 e. The molecule has 1 aliphatic rings. The first-order valence-corrected chi connectivity index (χ1v) is 9.64. The van der Waals surface area contributed by atoms with E-state index < -0.39 is 16.0 Å². The Morgan fingerprint density at radius 1 is 1.44 bits per heavy atom. The van der Waals surface area contributed by atoms with Gasteiger partial charge < -0.3 is 19.9 Å². The summed E-state index contributed by atoms with van der Waals surface area (Å²) in [6.07, 6.45) is 2.27. The van der Waals surface area contributed by atoms with E-state index in [0.29, 0.717) is 31.9 Å². The number of hydrogen-bond acceptors (Lipinski definition) is 6. The van der Waals surface area contributed by atoms with Crippen molar-refractivity contribution in [2.75, 3.05) is 38.7 Å². The van der Waals surface area contributed by atoms with Crippen LogP contribution < -0.4 is 10.0 Å². The average molecular weight is 372 g/mol. The number of anilines is 1. The lowest BCUT2D eigenvalue weighted by Gasteiger charge is -2.16. The van der Waals surface area contributed by atoms with E-state index in [2.05, 4.69) is 10.0 Å². The normalized spacial score (nSPS) is 17.6. The Balaban J connectivity index is 2.17. The monoisotopic (exact) mass is 372 g/mol. The van der Waals surface area contributed by atoms with E-state index >= 15 is 0 Å². The van der Waals surface area contributed by atoms with Crippen LogP contribution in [0.4, 0.5) is 5.69 Å². The summed E-state index contributed by atoms with van der Waals surface area (Å²) in [4.78, 5) is 11.1. The molecule has 140 valence electrons. The van der Waals surface area contributed by atoms with Gasteiger partial charge in [0.1, 0.15) is 4.90 Å². The van der Waals surface area contributed by atoms with Crippen LogP contribution in [-0.4, -0.2) is 59.0 Å². The number of hydrogen-bond donors (Lipinski definition) is 3. The van der Waals surface area contributed by atoms with Gasteiger partial charge in [0.05, 0.1) is 17.4 Å². The van der Waals surface area contributed by atoms with Crippen LogP contribution in [0.3, 0.4) is 0 Å². The van der Waals surface area contributed by atoms with E-state index in [1.807, 2.05) is 0 Å². The molecule has 1 aromatic carbocycles. The van der Waals surface area contributed by atoms with Crippen molar-refractivity contribution in [3.63, 3.8) is 0 Å². The van der Waals surface area contributed by atoms with Crippen molar-refractivity contribution in [3.05, 3.63) is 23.8 Å². The summed E-state index contributed by atoms with van der Waals surface area (Å²) in [6, 6.07) is 4.01. The van der Waals surface area contributed by atoms with Crippen LogP contribution >= 0.6 is 0 Å². The molecule has 1 saturated heterocycles. The summed E-state index contributed by atoms with van der Waals surface area (Å²) in [6.45, 7) is 1.85. The molecule has 3 N–H and O–H groups in total. The fourth-order valence-corrected chi connectivity index (χ4v) is 3.82. The second-order valence-electron chi connectivity index (χ2n) is 5.78. The zero-order valence-corrected chi connectivity index (χ0v) is 15.0. The van der Waals surface area contributed by atoms with E-state index in [1.54, 1.807) is 7.11 Å². The van der Waals surface area contributed by atoms with Crippen molar-refractivity contribution >= 4 is 21.7 Å². The summed E-state index contributed by atoms with van der Waals surface area (Å²) in [5.74, 6) is -1.18. The molecule has 9 heteroatoms. The summed E-state index contributed by atoms with van der Waals surface area (Å²) in [5, 5.41) is 12.2. The van der Waals surface area contributed by atoms with Crippen molar-refractivity contribution in [2.45, 2.75) is 30.3 Å². The minimum absolute atomic E-state index is 0.0807. The van der Waals surface area contributed by atoms with Crippen molar-refractivity contribution in [2.24, 2.45) is 0 Å². The average Bonchev–Trinajstić information content (AvgIpc) is 3.10. The molecule has 25 heavy (non-hydrogen) atoms. The first-order chi connectivity index (χ1) is 11.9. The lowest BCUT2D eigenvalue weighted by Crippen LogP contribution is -2.32. The molecule has 0 aromatic heterocycles. The van der Waals surface area contributed by atoms with E-state index in [4.69, 9.17) is 14.6 Å². The highest BCUT2D eigenvalue weighted by Crippen LogP contribution is 2.23. The number of carboxylic acid groups (broad SMARTS) is 1. The standard InChI is InChI=1S/C16H24N2O6S/c1-23-8-3-7-17-14-6-5-12(16(19)20)10-15(14)25(21,22)18-11-13-4-2-9-24-13/h5-6,10,13,17-18H,2-4,7-9,11H2,1H3,(H,19,20)/t13-/m0/s1. The third-order valence-electron chi connectivity index (χ3n) is 3.88. The highest BCUT2D eigenvalue weighted by Gasteiger charge is 2.23. The number of carboxylic acids is 1. The molecule has 1 aromatic rings. The first-order valence-electron chi connectivity index (χ1n) is 8.15. The number of nitrogens with one attached hydrogen (secondary N) is 2. The topological polar surface area (TPSA) is 114 Å². The van der Waals surface area contributed by atoms with Crippen LogP contribution in [0, 0.1) is 0 Å². The Morgan fingerprint density at radius 2 is 2.24 bits per heavy atom. The predicted molar refractivity (Wildman–Crippen MR) is 92.5 cm³/mol. The van der Waals surface area contributed by atoms with Gasteiger partial charge in [-0.2, -0.15) is 0 Å². The SMILES string of the molecule is COCCCNc1ccc(C(=O)O)cc1S(=O)(=O)NC[C@@H]1CCCO1. The van der Waals surface area contributed by atoms with Gasteiger partial charge in [-0.1, -0.05) is 0 Å². The summed E-state index contributed by atoms with van der Waals surface area (Å²) in [7, 11) is -2.27. The number of carbonyl (C=O) groups is 1. The van der Waals surface area contributed by atoms with Crippen LogP contribution in [0.15, 0.2) is 23.1 Å². The molecule has 2 rings (SSSR count). The van der Waals surface area contributed by atoms with Crippen molar-refractivity contribution in [3.8, 4) is 0 Å². The lowest BCUT2D eigenvalue weighted by molar-refractivity contribution is 0.0696. The van der Waals surface area contributed by atoms with Crippen LogP contribution in [0.5, 0.6) is 0 Å². The van der Waals surface area contributed by atoms with Crippen LogP contribution in [0.25, 0.3) is 0 Å². The Kier molecular flexibility index (Phi) is 7.18. The molecule has 0 spiro atoms. The van der Waals surface area contributed by atoms with Gasteiger partial charge in [0.25, 0.3) is 0 Å². The zero-order chi connectivity index (χ0) is 18.3. The molecule has 0 amide bonds. The highest BCUT2D eigenvalue weighted by molar-refractivity contribution is 7.89. The predicted octanol–water partition coefficient (Wildman–Crippen LogP) is 1.29. The lowest BCUT2D eigenvalue weighted by atomic mass is 10.2. The number of ether oxygens (including phenoxy) is 2. The number of methoxy groups -OCH3 is 1. The molecule has 0 unspecified atom stereocenters. The Bertz CT molecular complexity index is 686. The Morgan fingerprint density at radius 3 is 2.88 bits per heavy atom. The van der Waals surface area contributed by atoms with Crippen LogP contribution in [0.2, 0.25) is 0 Å². The number of sulfonamides is 1. The summed E-state index contributed by atoms with van der Waals surface area (Å²) < 4.78 is 38.2. The molecule has 1 atom stereocenters. The third-order valence-corrected chi connectivity index (χ3v) is 5.35. The van der Waals surface area contributed by atoms with E-state index in [1.165, 1.54) is 18.2 Å². The first kappa shape index (κ1) is 19.6. The zero-order valence-electron chi connectivity index (χ0n) is 14.2. The molecule has 1 aliphatic heterocycles. The van der Waals surface area contributed by atoms with Gasteiger partial charge in [-0.25, -0.2) is 17.9 Å². The quantitative estimate of drug-likeness (QED) is 0.530. The molecule has 0 aliphatic carbocycles. The summed E-state index contributed by atoms with van der Waals surface area (Å²) >= 11 is 0. The fourth-order valence-electron chi connectivity index (χ4n) is 2.55. The van der Waals surface area contributed by atoms with Gasteiger partial charge in [0.2, 0.25) is 10.0 Å². The minimum Gasteiger partial charge on any atom is -0.478 e. The Labute approximate surface area is 147 Å². The second-order valence-corrected chi connectivity index (χ2v) is 7.51. The maximum absolute atomic E-state index is 12.6. The number of aromatic carboxylic acids is 1. The van der Waals surface area contributed by atoms with E-state index in [-0.39, 0.29) is 23.1 Å². The van der Waals surface area contributed by atoms with Crippen LogP contribution in [-0.2, 0) is 19.5 Å². The summed E-state index contributed by atoms with van der Waals surface area (Å²) in [5.41, 5.74) is 0.279. The van der Waals surface area contributed by atoms with Crippen LogP contribution in [0.1, 0.15) is 29.6 Å². The van der Waals surface area contributed by atoms with Gasteiger partial charge in [-0.15, -0.1) is 0 Å². The number of benzene rings is 1. The molecular weight excluding hydrogens is 348 g/mol. The molecule has 1 fully saturated rings. The molecular formula is C16H24N2O6S. The van der Waals surface area contributed by atoms with Crippen molar-refractivity contribution in [1.29, 1.82) is 0 Å². The molecule has 0 bridgehead atoms. The molecule has 8 nitrogen and oxygen atoms in total. The van der Waals surface area contributed by atoms with Gasteiger partial charge >= 0.3 is 5.97 Å².